The van der Waals surface area contributed by atoms with Gasteiger partial charge < -0.3 is 15.2 Å². The third-order valence-corrected chi connectivity index (χ3v) is 3.29. The topological polar surface area (TPSA) is 93.5 Å². The number of aromatic carboxylic acids is 1. The number of aromatic nitrogens is 2. The molecule has 2 N–H and O–H groups in total. The molecular formula is C16H19N3O4. The molecule has 0 saturated heterocycles. The zero-order valence-corrected chi connectivity index (χ0v) is 13.1. The van der Waals surface area contributed by atoms with Gasteiger partial charge in [-0.1, -0.05) is 6.07 Å². The Balaban J connectivity index is 2.14. The molecule has 0 unspecified atom stereocenters. The Hall–Kier alpha value is -2.67. The minimum absolute atomic E-state index is 0.140. The maximum atomic E-state index is 11.8. The van der Waals surface area contributed by atoms with Crippen LogP contribution in [0.5, 0.6) is 0 Å². The molecule has 1 heterocycles. The minimum atomic E-state index is -1.02. The van der Waals surface area contributed by atoms with E-state index in [1.165, 1.54) is 10.9 Å². The molecule has 1 aromatic heterocycles. The number of nitrogens with one attached hydrogen (secondary N) is 1. The van der Waals surface area contributed by atoms with Gasteiger partial charge in [0.25, 0.3) is 0 Å². The second-order valence-corrected chi connectivity index (χ2v) is 4.91. The van der Waals surface area contributed by atoms with Gasteiger partial charge in [0.05, 0.1) is 30.6 Å². The molecule has 0 bridgehead atoms. The van der Waals surface area contributed by atoms with E-state index in [2.05, 4.69) is 10.4 Å². The van der Waals surface area contributed by atoms with Crippen LogP contribution in [-0.4, -0.2) is 40.0 Å². The van der Waals surface area contributed by atoms with E-state index in [-0.39, 0.29) is 17.9 Å². The summed E-state index contributed by atoms with van der Waals surface area (Å²) in [5.41, 5.74) is 1.97. The van der Waals surface area contributed by atoms with Crippen molar-refractivity contribution >= 4 is 17.6 Å². The third-order valence-electron chi connectivity index (χ3n) is 3.29. The van der Waals surface area contributed by atoms with E-state index in [9.17, 15) is 9.59 Å². The second kappa shape index (κ2) is 7.55. The maximum Gasteiger partial charge on any atom is 0.339 e. The standard InChI is InChI=1S/C16H19N3O4/c1-3-23-8-7-15(20)18-12-5-4-6-13(9-12)19-11(2)14(10-17-19)16(21)22/h4-6,9-10H,3,7-8H2,1-2H3,(H,18,20)(H,21,22). The molecular weight excluding hydrogens is 298 g/mol. The van der Waals surface area contributed by atoms with Crippen molar-refractivity contribution in [2.45, 2.75) is 20.3 Å². The van der Waals surface area contributed by atoms with Crippen LogP contribution in [0.25, 0.3) is 5.69 Å². The summed E-state index contributed by atoms with van der Waals surface area (Å²) in [5, 5.41) is 16.0. The molecule has 0 atom stereocenters. The van der Waals surface area contributed by atoms with Gasteiger partial charge in [0.1, 0.15) is 5.56 Å². The van der Waals surface area contributed by atoms with Gasteiger partial charge in [-0.3, -0.25) is 4.79 Å². The van der Waals surface area contributed by atoms with Crippen LogP contribution in [0.15, 0.2) is 30.5 Å². The highest BCUT2D eigenvalue weighted by Gasteiger charge is 2.14. The number of ether oxygens (including phenoxy) is 1. The third kappa shape index (κ3) is 4.17. The van der Waals surface area contributed by atoms with Crippen LogP contribution >= 0.6 is 0 Å². The molecule has 0 radical (unpaired) electrons. The van der Waals surface area contributed by atoms with Crippen molar-refractivity contribution in [3.8, 4) is 5.69 Å². The lowest BCUT2D eigenvalue weighted by Gasteiger charge is -2.09. The quantitative estimate of drug-likeness (QED) is 0.764. The lowest BCUT2D eigenvalue weighted by atomic mass is 10.2. The summed E-state index contributed by atoms with van der Waals surface area (Å²) >= 11 is 0. The average molecular weight is 317 g/mol. The Morgan fingerprint density at radius 1 is 1.39 bits per heavy atom. The minimum Gasteiger partial charge on any atom is -0.478 e. The normalized spacial score (nSPS) is 10.5. The van der Waals surface area contributed by atoms with E-state index >= 15 is 0 Å². The summed E-state index contributed by atoms with van der Waals surface area (Å²) in [6, 6.07) is 7.07. The monoisotopic (exact) mass is 317 g/mol. The van der Waals surface area contributed by atoms with Crippen molar-refractivity contribution in [3.63, 3.8) is 0 Å². The molecule has 0 aliphatic rings. The number of carbonyl (C=O) groups excluding carboxylic acids is 1. The number of anilines is 1. The molecule has 2 aromatic rings. The number of carboxylic acids is 1. The molecule has 7 heteroatoms. The molecule has 2 rings (SSSR count). The summed E-state index contributed by atoms with van der Waals surface area (Å²) in [6.45, 7) is 4.51. The van der Waals surface area contributed by atoms with Gasteiger partial charge in [0.2, 0.25) is 5.91 Å². The highest BCUT2D eigenvalue weighted by atomic mass is 16.5. The van der Waals surface area contributed by atoms with E-state index < -0.39 is 5.97 Å². The highest BCUT2D eigenvalue weighted by Crippen LogP contribution is 2.18. The number of carbonyl (C=O) groups is 2. The predicted octanol–water partition coefficient (Wildman–Crippen LogP) is 2.24. The number of hydrogen-bond acceptors (Lipinski definition) is 4. The van der Waals surface area contributed by atoms with Crippen LogP contribution in [0.1, 0.15) is 29.4 Å². The molecule has 1 amide bonds. The van der Waals surface area contributed by atoms with E-state index in [0.29, 0.717) is 30.3 Å². The van der Waals surface area contributed by atoms with E-state index in [0.717, 1.165) is 0 Å². The molecule has 7 nitrogen and oxygen atoms in total. The molecule has 0 spiro atoms. The Labute approximate surface area is 133 Å². The number of amides is 1. The van der Waals surface area contributed by atoms with Gasteiger partial charge in [-0.05, 0) is 32.0 Å². The van der Waals surface area contributed by atoms with Crippen LogP contribution in [0.3, 0.4) is 0 Å². The predicted molar refractivity (Wildman–Crippen MR) is 85.0 cm³/mol. The van der Waals surface area contributed by atoms with Crippen molar-refractivity contribution in [1.29, 1.82) is 0 Å². The van der Waals surface area contributed by atoms with E-state index in [1.807, 2.05) is 6.92 Å². The van der Waals surface area contributed by atoms with Crippen LogP contribution in [0, 0.1) is 6.92 Å². The van der Waals surface area contributed by atoms with Gasteiger partial charge in [-0.15, -0.1) is 0 Å². The largest absolute Gasteiger partial charge is 0.478 e. The van der Waals surface area contributed by atoms with Crippen LogP contribution in [0.4, 0.5) is 5.69 Å². The summed E-state index contributed by atoms with van der Waals surface area (Å²) in [4.78, 5) is 22.9. The van der Waals surface area contributed by atoms with Crippen molar-refractivity contribution in [2.75, 3.05) is 18.5 Å². The average Bonchev–Trinajstić information content (AvgIpc) is 2.89. The highest BCUT2D eigenvalue weighted by molar-refractivity contribution is 5.91. The first-order valence-corrected chi connectivity index (χ1v) is 7.29. The molecule has 23 heavy (non-hydrogen) atoms. The van der Waals surface area contributed by atoms with Crippen LogP contribution in [0.2, 0.25) is 0 Å². The fourth-order valence-electron chi connectivity index (χ4n) is 2.13. The first-order valence-electron chi connectivity index (χ1n) is 7.29. The Morgan fingerprint density at radius 3 is 2.83 bits per heavy atom. The second-order valence-electron chi connectivity index (χ2n) is 4.91. The number of carboxylic acid groups (broad SMARTS) is 1. The smallest absolute Gasteiger partial charge is 0.339 e. The molecule has 122 valence electrons. The zero-order valence-electron chi connectivity index (χ0n) is 13.1. The van der Waals surface area contributed by atoms with Gasteiger partial charge in [-0.2, -0.15) is 5.10 Å². The summed E-state index contributed by atoms with van der Waals surface area (Å²) in [7, 11) is 0. The lowest BCUT2D eigenvalue weighted by Crippen LogP contribution is -2.14. The van der Waals surface area contributed by atoms with Gasteiger partial charge >= 0.3 is 5.97 Å². The number of benzene rings is 1. The first kappa shape index (κ1) is 16.7. The van der Waals surface area contributed by atoms with E-state index in [1.54, 1.807) is 31.2 Å². The first-order chi connectivity index (χ1) is 11.0. The lowest BCUT2D eigenvalue weighted by molar-refractivity contribution is -0.117. The van der Waals surface area contributed by atoms with Crippen LogP contribution in [-0.2, 0) is 9.53 Å². The van der Waals surface area contributed by atoms with Gasteiger partial charge in [-0.25, -0.2) is 9.48 Å². The fraction of sp³-hybridized carbons (Fsp3) is 0.312. The Bertz CT molecular complexity index is 709. The van der Waals surface area contributed by atoms with Gasteiger partial charge in [0, 0.05) is 12.3 Å². The number of nitrogens with zero attached hydrogens (tertiary/aromatic N) is 2. The summed E-state index contributed by atoms with van der Waals surface area (Å²) < 4.78 is 6.67. The summed E-state index contributed by atoms with van der Waals surface area (Å²) in [5.74, 6) is -1.16. The van der Waals surface area contributed by atoms with Gasteiger partial charge in [0.15, 0.2) is 0 Å². The molecule has 1 aromatic carbocycles. The molecule has 0 aliphatic heterocycles. The number of rotatable bonds is 7. The Kier molecular flexibility index (Phi) is 5.48. The maximum absolute atomic E-state index is 11.8. The van der Waals surface area contributed by atoms with Crippen molar-refractivity contribution in [3.05, 3.63) is 41.7 Å². The SMILES string of the molecule is CCOCCC(=O)Nc1cccc(-n2ncc(C(=O)O)c2C)c1. The molecule has 0 fully saturated rings. The van der Waals surface area contributed by atoms with Crippen molar-refractivity contribution < 1.29 is 19.4 Å². The van der Waals surface area contributed by atoms with Crippen molar-refractivity contribution in [1.82, 2.24) is 9.78 Å². The molecule has 0 aliphatic carbocycles. The fourth-order valence-corrected chi connectivity index (χ4v) is 2.13. The summed E-state index contributed by atoms with van der Waals surface area (Å²) in [6.07, 6.45) is 1.59. The van der Waals surface area contributed by atoms with Crippen molar-refractivity contribution in [2.24, 2.45) is 0 Å². The van der Waals surface area contributed by atoms with E-state index in [4.69, 9.17) is 9.84 Å². The van der Waals surface area contributed by atoms with Crippen LogP contribution < -0.4 is 5.32 Å². The Morgan fingerprint density at radius 2 is 2.17 bits per heavy atom. The number of hydrogen-bond donors (Lipinski definition) is 2. The zero-order chi connectivity index (χ0) is 16.8. The molecule has 0 saturated carbocycles.